The van der Waals surface area contributed by atoms with Gasteiger partial charge in [-0.2, -0.15) is 4.98 Å². The summed E-state index contributed by atoms with van der Waals surface area (Å²) in [5.41, 5.74) is 4.56. The zero-order valence-corrected chi connectivity index (χ0v) is 10.8. The van der Waals surface area contributed by atoms with E-state index in [0.717, 1.165) is 0 Å². The van der Waals surface area contributed by atoms with Crippen molar-refractivity contribution >= 4 is 17.1 Å². The highest BCUT2D eigenvalue weighted by molar-refractivity contribution is 5.71. The monoisotopic (exact) mass is 291 g/mol. The molecule has 9 heteroatoms. The fourth-order valence-corrected chi connectivity index (χ4v) is 3.02. The molecule has 5 N–H and O–H groups in total. The maximum Gasteiger partial charge on any atom is 0.280 e. The third-order valence-electron chi connectivity index (χ3n) is 4.09. The number of nitrogen functional groups attached to an aromatic ring is 1. The summed E-state index contributed by atoms with van der Waals surface area (Å²) in [6.45, 7) is -0.302. The number of anilines is 1. The van der Waals surface area contributed by atoms with Crippen LogP contribution in [0.15, 0.2) is 23.3 Å². The number of aliphatic hydroxyl groups excluding tert-OH is 2. The Hall–Kier alpha value is -2.23. The van der Waals surface area contributed by atoms with Gasteiger partial charge in [0.1, 0.15) is 6.10 Å². The zero-order chi connectivity index (χ0) is 14.8. The van der Waals surface area contributed by atoms with Gasteiger partial charge in [0.25, 0.3) is 5.56 Å². The molecule has 110 valence electrons. The van der Waals surface area contributed by atoms with E-state index in [9.17, 15) is 15.0 Å². The number of fused-ring (bicyclic) bond motifs is 2. The quantitative estimate of drug-likeness (QED) is 0.483. The van der Waals surface area contributed by atoms with Gasteiger partial charge in [-0.05, 0) is 6.08 Å². The summed E-state index contributed by atoms with van der Waals surface area (Å²) < 4.78 is 7.35. The van der Waals surface area contributed by atoms with Crippen LogP contribution in [0.3, 0.4) is 0 Å². The minimum atomic E-state index is -0.991. The van der Waals surface area contributed by atoms with E-state index < -0.39 is 23.5 Å². The van der Waals surface area contributed by atoms with Crippen molar-refractivity contribution in [2.45, 2.75) is 17.9 Å². The van der Waals surface area contributed by atoms with Gasteiger partial charge < -0.3 is 20.7 Å². The first-order chi connectivity index (χ1) is 10.1. The molecule has 3 heterocycles. The largest absolute Gasteiger partial charge is 0.394 e. The lowest BCUT2D eigenvalue weighted by molar-refractivity contribution is -0.0984. The van der Waals surface area contributed by atoms with E-state index in [4.69, 9.17) is 10.5 Å². The first-order valence-corrected chi connectivity index (χ1v) is 6.46. The third-order valence-corrected chi connectivity index (χ3v) is 4.09. The second-order valence-electron chi connectivity index (χ2n) is 5.20. The maximum atomic E-state index is 11.8. The second kappa shape index (κ2) is 3.91. The van der Waals surface area contributed by atoms with Gasteiger partial charge >= 0.3 is 0 Å². The Balaban J connectivity index is 1.92. The molecule has 0 aromatic carbocycles. The van der Waals surface area contributed by atoms with Crippen molar-refractivity contribution in [2.75, 3.05) is 12.3 Å². The molecule has 1 fully saturated rings. The Morgan fingerprint density at radius 2 is 2.38 bits per heavy atom. The lowest BCUT2D eigenvalue weighted by atomic mass is 9.81. The fraction of sp³-hybridized carbons (Fsp3) is 0.417. The van der Waals surface area contributed by atoms with Crippen LogP contribution in [0.1, 0.15) is 0 Å². The normalized spacial score (nSPS) is 34.1. The van der Waals surface area contributed by atoms with Crippen LogP contribution < -0.4 is 11.3 Å². The molecule has 9 nitrogen and oxygen atoms in total. The number of ether oxygens (including phenoxy) is 1. The number of aromatic nitrogens is 4. The molecular weight excluding hydrogens is 278 g/mol. The highest BCUT2D eigenvalue weighted by atomic mass is 16.6. The molecule has 1 aliphatic carbocycles. The molecule has 2 aromatic heterocycles. The van der Waals surface area contributed by atoms with E-state index >= 15 is 0 Å². The number of nitrogens with two attached hydrogens (primary N) is 1. The van der Waals surface area contributed by atoms with Crippen molar-refractivity contribution in [2.24, 2.45) is 5.92 Å². The summed E-state index contributed by atoms with van der Waals surface area (Å²) in [5.74, 6) is -0.364. The first-order valence-electron chi connectivity index (χ1n) is 6.46. The Morgan fingerprint density at radius 1 is 1.57 bits per heavy atom. The van der Waals surface area contributed by atoms with Gasteiger partial charge in [-0.15, -0.1) is 0 Å². The minimum absolute atomic E-state index is 0.0252. The van der Waals surface area contributed by atoms with Crippen molar-refractivity contribution in [3.8, 4) is 0 Å². The minimum Gasteiger partial charge on any atom is -0.394 e. The van der Waals surface area contributed by atoms with Gasteiger partial charge in [-0.3, -0.25) is 14.3 Å². The highest BCUT2D eigenvalue weighted by Gasteiger charge is 2.58. The SMILES string of the molecule is Nc1nc2c(ncn2[C@@]23C=C[C@@H]2[C@H](O)[C@@H](CO)O3)c(=O)[nH]1. The van der Waals surface area contributed by atoms with E-state index in [-0.39, 0.29) is 29.6 Å². The lowest BCUT2D eigenvalue weighted by Crippen LogP contribution is -2.44. The van der Waals surface area contributed by atoms with E-state index in [1.807, 2.05) is 0 Å². The molecule has 21 heavy (non-hydrogen) atoms. The molecule has 0 unspecified atom stereocenters. The smallest absolute Gasteiger partial charge is 0.280 e. The van der Waals surface area contributed by atoms with Crippen LogP contribution >= 0.6 is 0 Å². The van der Waals surface area contributed by atoms with Gasteiger partial charge in [0.15, 0.2) is 16.9 Å². The molecule has 0 spiro atoms. The highest BCUT2D eigenvalue weighted by Crippen LogP contribution is 2.49. The van der Waals surface area contributed by atoms with Gasteiger partial charge in [0, 0.05) is 0 Å². The van der Waals surface area contributed by atoms with Crippen LogP contribution in [0.25, 0.3) is 11.2 Å². The van der Waals surface area contributed by atoms with Crippen LogP contribution in [0.2, 0.25) is 0 Å². The number of H-pyrrole nitrogens is 1. The van der Waals surface area contributed by atoms with Gasteiger partial charge in [0.2, 0.25) is 5.95 Å². The molecule has 1 saturated heterocycles. The van der Waals surface area contributed by atoms with E-state index in [1.165, 1.54) is 6.33 Å². The summed E-state index contributed by atoms with van der Waals surface area (Å²) in [6, 6.07) is 0. The topological polar surface area (TPSA) is 139 Å². The molecule has 0 amide bonds. The molecule has 0 radical (unpaired) electrons. The standard InChI is InChI=1S/C12H13N5O4/c13-11-15-9-7(10(20)16-11)14-4-17(9)12-2-1-5(12)8(19)6(3-18)21-12/h1-2,4-6,8,18-19H,3H2,(H3,13,15,16,20)/t5-,6-,8+,12-/m1/s1. The molecule has 2 aliphatic rings. The number of aromatic amines is 1. The van der Waals surface area contributed by atoms with Crippen molar-refractivity contribution < 1.29 is 14.9 Å². The molecular formula is C12H13N5O4. The predicted molar refractivity (Wildman–Crippen MR) is 71.1 cm³/mol. The molecule has 1 aliphatic heterocycles. The predicted octanol–water partition coefficient (Wildman–Crippen LogP) is -1.71. The van der Waals surface area contributed by atoms with Gasteiger partial charge in [-0.1, -0.05) is 6.08 Å². The number of rotatable bonds is 2. The average Bonchev–Trinajstić information content (AvgIpc) is 2.89. The van der Waals surface area contributed by atoms with Crippen LogP contribution in [-0.2, 0) is 10.5 Å². The summed E-state index contributed by atoms with van der Waals surface area (Å²) in [6.07, 6.45) is 3.42. The van der Waals surface area contributed by atoms with Gasteiger partial charge in [-0.25, -0.2) is 4.98 Å². The molecule has 0 saturated carbocycles. The fourth-order valence-electron chi connectivity index (χ4n) is 3.02. The summed E-state index contributed by atoms with van der Waals surface area (Å²) in [5, 5.41) is 19.4. The molecule has 0 bridgehead atoms. The Bertz CT molecular complexity index is 812. The van der Waals surface area contributed by atoms with Crippen LogP contribution in [-0.4, -0.2) is 48.5 Å². The Kier molecular flexibility index (Phi) is 2.33. The second-order valence-corrected chi connectivity index (χ2v) is 5.20. The van der Waals surface area contributed by atoms with Gasteiger partial charge in [0.05, 0.1) is 25.0 Å². The van der Waals surface area contributed by atoms with E-state index in [2.05, 4.69) is 15.0 Å². The number of imidazole rings is 1. The maximum absolute atomic E-state index is 11.8. The van der Waals surface area contributed by atoms with E-state index in [0.29, 0.717) is 0 Å². The molecule has 2 aromatic rings. The Morgan fingerprint density at radius 3 is 3.05 bits per heavy atom. The van der Waals surface area contributed by atoms with Crippen molar-refractivity contribution in [1.29, 1.82) is 0 Å². The van der Waals surface area contributed by atoms with Crippen molar-refractivity contribution in [3.63, 3.8) is 0 Å². The number of hydrogen-bond donors (Lipinski definition) is 4. The summed E-state index contributed by atoms with van der Waals surface area (Å²) in [4.78, 5) is 22.3. The zero-order valence-electron chi connectivity index (χ0n) is 10.8. The van der Waals surface area contributed by atoms with Crippen molar-refractivity contribution in [1.82, 2.24) is 19.5 Å². The third kappa shape index (κ3) is 1.42. The van der Waals surface area contributed by atoms with E-state index in [1.54, 1.807) is 16.7 Å². The lowest BCUT2D eigenvalue weighted by Gasteiger charge is -2.38. The number of nitrogens with one attached hydrogen (secondary N) is 1. The van der Waals surface area contributed by atoms with Crippen LogP contribution in [0, 0.1) is 5.92 Å². The first kappa shape index (κ1) is 12.5. The average molecular weight is 291 g/mol. The molecule has 4 atom stereocenters. The van der Waals surface area contributed by atoms with Crippen LogP contribution in [0.4, 0.5) is 5.95 Å². The van der Waals surface area contributed by atoms with Crippen molar-refractivity contribution in [3.05, 3.63) is 28.8 Å². The number of aliphatic hydroxyl groups is 2. The Labute approximate surface area is 117 Å². The van der Waals surface area contributed by atoms with Crippen LogP contribution in [0.5, 0.6) is 0 Å². The molecule has 4 rings (SSSR count). The summed E-state index contributed by atoms with van der Waals surface area (Å²) in [7, 11) is 0. The number of nitrogens with zero attached hydrogens (tertiary/aromatic N) is 3. The summed E-state index contributed by atoms with van der Waals surface area (Å²) >= 11 is 0. The number of hydrogen-bond acceptors (Lipinski definition) is 7.